The fourth-order valence-electron chi connectivity index (χ4n) is 5.00. The first-order chi connectivity index (χ1) is 22.1. The molecular weight excluding hydrogens is 645 g/mol. The standard InChI is InChI=1S/C35H37Cl2N3O5S/c1-4-20-38-35(42)32(22-26-12-7-5-8-13-26)39(23-28-29(36)16-11-17-30(28)37)34(41)24-40(31-21-25(2)18-19-33(31)45-3)46(43,44)27-14-9-6-10-15-27/h5-19,21,32H,4,20,22-24H2,1-3H3,(H,38,42). The zero-order valence-corrected chi connectivity index (χ0v) is 28.3. The number of nitrogens with zero attached hydrogens (tertiary/aromatic N) is 2. The van der Waals surface area contributed by atoms with E-state index < -0.39 is 28.5 Å². The van der Waals surface area contributed by atoms with Crippen LogP contribution < -0.4 is 14.4 Å². The predicted molar refractivity (Wildman–Crippen MR) is 183 cm³/mol. The summed E-state index contributed by atoms with van der Waals surface area (Å²) in [7, 11) is -2.85. The van der Waals surface area contributed by atoms with Gasteiger partial charge < -0.3 is 15.0 Å². The second-order valence-electron chi connectivity index (χ2n) is 10.7. The number of rotatable bonds is 14. The zero-order valence-electron chi connectivity index (χ0n) is 26.0. The number of hydrogen-bond donors (Lipinski definition) is 1. The maximum Gasteiger partial charge on any atom is 0.264 e. The van der Waals surface area contributed by atoms with Gasteiger partial charge in [-0.15, -0.1) is 0 Å². The summed E-state index contributed by atoms with van der Waals surface area (Å²) in [6, 6.07) is 26.2. The lowest BCUT2D eigenvalue weighted by atomic mass is 10.0. The molecule has 0 aliphatic heterocycles. The molecule has 0 aromatic heterocycles. The van der Waals surface area contributed by atoms with Gasteiger partial charge in [-0.1, -0.05) is 90.8 Å². The van der Waals surface area contributed by atoms with Crippen molar-refractivity contribution >= 4 is 50.7 Å². The van der Waals surface area contributed by atoms with E-state index >= 15 is 0 Å². The van der Waals surface area contributed by atoms with Crippen molar-refractivity contribution in [3.8, 4) is 5.75 Å². The number of anilines is 1. The van der Waals surface area contributed by atoms with Crippen molar-refractivity contribution in [1.82, 2.24) is 10.2 Å². The Balaban J connectivity index is 1.87. The summed E-state index contributed by atoms with van der Waals surface area (Å²) in [4.78, 5) is 29.8. The fraction of sp³-hybridized carbons (Fsp3) is 0.257. The third kappa shape index (κ3) is 8.40. The normalized spacial score (nSPS) is 11.8. The summed E-state index contributed by atoms with van der Waals surface area (Å²) in [5, 5.41) is 3.54. The lowest BCUT2D eigenvalue weighted by molar-refractivity contribution is -0.140. The highest BCUT2D eigenvalue weighted by Gasteiger charge is 2.36. The summed E-state index contributed by atoms with van der Waals surface area (Å²) < 4.78 is 35.1. The molecule has 1 atom stereocenters. The van der Waals surface area contributed by atoms with E-state index in [2.05, 4.69) is 5.32 Å². The molecule has 0 aliphatic carbocycles. The first-order valence-electron chi connectivity index (χ1n) is 14.8. The highest BCUT2D eigenvalue weighted by atomic mass is 35.5. The lowest BCUT2D eigenvalue weighted by Gasteiger charge is -2.34. The maximum absolute atomic E-state index is 14.6. The quantitative estimate of drug-likeness (QED) is 0.160. The molecule has 46 heavy (non-hydrogen) atoms. The third-order valence-corrected chi connectivity index (χ3v) is 9.91. The van der Waals surface area contributed by atoms with Gasteiger partial charge in [0.15, 0.2) is 0 Å². The topological polar surface area (TPSA) is 96.0 Å². The first kappa shape index (κ1) is 34.8. The Morgan fingerprint density at radius 1 is 0.891 bits per heavy atom. The second-order valence-corrected chi connectivity index (χ2v) is 13.4. The number of aryl methyl sites for hydroxylation is 1. The molecule has 4 aromatic rings. The maximum atomic E-state index is 14.6. The van der Waals surface area contributed by atoms with Crippen LogP contribution in [0.3, 0.4) is 0 Å². The number of halogens is 2. The van der Waals surface area contributed by atoms with E-state index in [4.69, 9.17) is 27.9 Å². The molecule has 8 nitrogen and oxygen atoms in total. The van der Waals surface area contributed by atoms with Crippen molar-refractivity contribution in [2.45, 2.75) is 44.2 Å². The van der Waals surface area contributed by atoms with Gasteiger partial charge in [0.1, 0.15) is 18.3 Å². The smallest absolute Gasteiger partial charge is 0.264 e. The summed E-state index contributed by atoms with van der Waals surface area (Å²) in [6.45, 7) is 3.37. The van der Waals surface area contributed by atoms with E-state index in [0.29, 0.717) is 28.6 Å². The molecule has 0 radical (unpaired) electrons. The average molecular weight is 683 g/mol. The number of sulfonamides is 1. The van der Waals surface area contributed by atoms with Crippen LogP contribution in [0.2, 0.25) is 10.0 Å². The Morgan fingerprint density at radius 3 is 2.13 bits per heavy atom. The van der Waals surface area contributed by atoms with E-state index in [1.54, 1.807) is 54.6 Å². The van der Waals surface area contributed by atoms with Crippen LogP contribution in [0, 0.1) is 6.92 Å². The summed E-state index contributed by atoms with van der Waals surface area (Å²) >= 11 is 13.1. The average Bonchev–Trinajstić information content (AvgIpc) is 3.06. The van der Waals surface area contributed by atoms with Crippen LogP contribution in [0.4, 0.5) is 5.69 Å². The highest BCUT2D eigenvalue weighted by Crippen LogP contribution is 2.34. The summed E-state index contributed by atoms with van der Waals surface area (Å²) in [6.07, 6.45) is 0.855. The lowest BCUT2D eigenvalue weighted by Crippen LogP contribution is -2.53. The van der Waals surface area contributed by atoms with E-state index in [-0.39, 0.29) is 35.2 Å². The van der Waals surface area contributed by atoms with Gasteiger partial charge in [-0.3, -0.25) is 13.9 Å². The van der Waals surface area contributed by atoms with Gasteiger partial charge in [-0.05, 0) is 60.9 Å². The Hall–Kier alpha value is -4.05. The molecule has 0 saturated carbocycles. The van der Waals surface area contributed by atoms with E-state index in [0.717, 1.165) is 15.4 Å². The molecule has 4 rings (SSSR count). The van der Waals surface area contributed by atoms with Gasteiger partial charge >= 0.3 is 0 Å². The number of carbonyl (C=O) groups excluding carboxylic acids is 2. The van der Waals surface area contributed by atoms with Crippen LogP contribution in [0.25, 0.3) is 0 Å². The molecule has 1 N–H and O–H groups in total. The molecule has 242 valence electrons. The van der Waals surface area contributed by atoms with E-state index in [1.807, 2.05) is 44.2 Å². The number of nitrogens with one attached hydrogen (secondary N) is 1. The minimum absolute atomic E-state index is 0.00594. The summed E-state index contributed by atoms with van der Waals surface area (Å²) in [5.74, 6) is -0.750. The number of amides is 2. The van der Waals surface area contributed by atoms with Crippen molar-refractivity contribution in [3.63, 3.8) is 0 Å². The van der Waals surface area contributed by atoms with Crippen molar-refractivity contribution in [3.05, 3.63) is 124 Å². The minimum Gasteiger partial charge on any atom is -0.495 e. The van der Waals surface area contributed by atoms with E-state index in [9.17, 15) is 18.0 Å². The second kappa shape index (κ2) is 16.0. The highest BCUT2D eigenvalue weighted by molar-refractivity contribution is 7.92. The Morgan fingerprint density at radius 2 is 1.52 bits per heavy atom. The van der Waals surface area contributed by atoms with Crippen LogP contribution in [0.1, 0.15) is 30.0 Å². The molecule has 0 aliphatic rings. The van der Waals surface area contributed by atoms with Crippen molar-refractivity contribution in [2.75, 3.05) is 24.5 Å². The molecule has 0 heterocycles. The Bertz CT molecular complexity index is 1730. The number of methoxy groups -OCH3 is 1. The van der Waals surface area contributed by atoms with Gasteiger partial charge in [0, 0.05) is 35.1 Å². The van der Waals surface area contributed by atoms with Gasteiger partial charge in [-0.2, -0.15) is 0 Å². The molecule has 0 bridgehead atoms. The van der Waals surface area contributed by atoms with Crippen molar-refractivity contribution < 1.29 is 22.7 Å². The number of hydrogen-bond acceptors (Lipinski definition) is 5. The monoisotopic (exact) mass is 681 g/mol. The van der Waals surface area contributed by atoms with Gasteiger partial charge in [0.2, 0.25) is 11.8 Å². The number of benzene rings is 4. The van der Waals surface area contributed by atoms with Crippen LogP contribution in [-0.4, -0.2) is 51.4 Å². The molecular formula is C35H37Cl2N3O5S. The van der Waals surface area contributed by atoms with E-state index in [1.165, 1.54) is 24.1 Å². The molecule has 1 unspecified atom stereocenters. The number of carbonyl (C=O) groups is 2. The molecule has 0 spiro atoms. The first-order valence-corrected chi connectivity index (χ1v) is 17.0. The van der Waals surface area contributed by atoms with Gasteiger partial charge in [-0.25, -0.2) is 8.42 Å². The fourth-order valence-corrected chi connectivity index (χ4v) is 6.96. The Labute approximate surface area is 280 Å². The molecule has 11 heteroatoms. The van der Waals surface area contributed by atoms with Crippen LogP contribution in [0.15, 0.2) is 102 Å². The zero-order chi connectivity index (χ0) is 33.3. The largest absolute Gasteiger partial charge is 0.495 e. The van der Waals surface area contributed by atoms with Crippen molar-refractivity contribution in [1.29, 1.82) is 0 Å². The molecule has 4 aromatic carbocycles. The van der Waals surface area contributed by atoms with Gasteiger partial charge in [0.25, 0.3) is 10.0 Å². The SMILES string of the molecule is CCCNC(=O)C(Cc1ccccc1)N(Cc1c(Cl)cccc1Cl)C(=O)CN(c1cc(C)ccc1OC)S(=O)(=O)c1ccccc1. The van der Waals surface area contributed by atoms with Crippen LogP contribution >= 0.6 is 23.2 Å². The Kier molecular flexibility index (Phi) is 12.1. The van der Waals surface area contributed by atoms with Crippen LogP contribution in [0.5, 0.6) is 5.75 Å². The number of ether oxygens (including phenoxy) is 1. The third-order valence-electron chi connectivity index (χ3n) is 7.42. The summed E-state index contributed by atoms with van der Waals surface area (Å²) in [5.41, 5.74) is 2.20. The van der Waals surface area contributed by atoms with Gasteiger partial charge in [0.05, 0.1) is 17.7 Å². The predicted octanol–water partition coefficient (Wildman–Crippen LogP) is 6.67. The minimum atomic E-state index is -4.29. The molecule has 0 saturated heterocycles. The molecule has 2 amide bonds. The van der Waals surface area contributed by atoms with Crippen LogP contribution in [-0.2, 0) is 32.6 Å². The molecule has 0 fully saturated rings. The van der Waals surface area contributed by atoms with Crippen molar-refractivity contribution in [2.24, 2.45) is 0 Å².